The Bertz CT molecular complexity index is 880. The summed E-state index contributed by atoms with van der Waals surface area (Å²) >= 11 is 0. The number of nitrogens with one attached hydrogen (secondary N) is 1. The lowest BCUT2D eigenvalue weighted by molar-refractivity contribution is 0.476. The van der Waals surface area contributed by atoms with Crippen molar-refractivity contribution in [2.45, 2.75) is 19.6 Å². The van der Waals surface area contributed by atoms with Gasteiger partial charge in [-0.1, -0.05) is 36.4 Å². The van der Waals surface area contributed by atoms with Crippen molar-refractivity contribution in [3.63, 3.8) is 0 Å². The second-order valence-corrected chi connectivity index (χ2v) is 6.30. The first-order chi connectivity index (χ1) is 13.1. The highest BCUT2D eigenvalue weighted by atomic mass is 127. The third-order valence-corrected chi connectivity index (χ3v) is 4.16. The van der Waals surface area contributed by atoms with Crippen LogP contribution in [0.25, 0.3) is 0 Å². The van der Waals surface area contributed by atoms with E-state index in [0.29, 0.717) is 19.6 Å². The predicted molar refractivity (Wildman–Crippen MR) is 119 cm³/mol. The first-order valence-electron chi connectivity index (χ1n) is 8.70. The molecule has 3 aromatic rings. The summed E-state index contributed by atoms with van der Waals surface area (Å²) in [5.41, 5.74) is 3.34. The predicted octanol–water partition coefficient (Wildman–Crippen LogP) is 3.29. The number of rotatable bonds is 6. The monoisotopic (exact) mass is 494 g/mol. The lowest BCUT2D eigenvalue weighted by atomic mass is 10.1. The highest BCUT2D eigenvalue weighted by Gasteiger charge is 2.07. The fraction of sp³-hybridized carbons (Fsp3) is 0.250. The molecule has 28 heavy (non-hydrogen) atoms. The summed E-state index contributed by atoms with van der Waals surface area (Å²) in [7, 11) is 3.71. The maximum absolute atomic E-state index is 13.1. The van der Waals surface area contributed by atoms with Crippen molar-refractivity contribution in [1.82, 2.24) is 25.0 Å². The third kappa shape index (κ3) is 6.29. The van der Waals surface area contributed by atoms with Gasteiger partial charge in [0, 0.05) is 27.2 Å². The largest absolute Gasteiger partial charge is 0.352 e. The number of hydrogen-bond donors (Lipinski definition) is 1. The molecule has 0 spiro atoms. The third-order valence-electron chi connectivity index (χ3n) is 4.16. The number of benzene rings is 2. The SMILES string of the molecule is CN=C(NCc1cccc(Cn2cncn2)c1)N(C)Cc1ccc(F)cc1.I. The van der Waals surface area contributed by atoms with Crippen molar-refractivity contribution < 1.29 is 4.39 Å². The average molecular weight is 494 g/mol. The first kappa shape index (κ1) is 21.8. The fourth-order valence-corrected chi connectivity index (χ4v) is 2.84. The highest BCUT2D eigenvalue weighted by Crippen LogP contribution is 2.08. The van der Waals surface area contributed by atoms with Gasteiger partial charge in [-0.3, -0.25) is 4.99 Å². The molecule has 0 aliphatic rings. The van der Waals surface area contributed by atoms with Crippen LogP contribution in [0, 0.1) is 5.82 Å². The zero-order chi connectivity index (χ0) is 19.1. The minimum Gasteiger partial charge on any atom is -0.352 e. The Labute approximate surface area is 181 Å². The second kappa shape index (κ2) is 10.7. The van der Waals surface area contributed by atoms with Crippen LogP contribution in [0.4, 0.5) is 4.39 Å². The molecule has 0 fully saturated rings. The molecule has 0 aliphatic heterocycles. The quantitative estimate of drug-likeness (QED) is 0.325. The van der Waals surface area contributed by atoms with Crippen molar-refractivity contribution in [3.8, 4) is 0 Å². The van der Waals surface area contributed by atoms with E-state index >= 15 is 0 Å². The molecule has 1 heterocycles. The van der Waals surface area contributed by atoms with Gasteiger partial charge in [0.15, 0.2) is 5.96 Å². The van der Waals surface area contributed by atoms with Crippen LogP contribution in [0.5, 0.6) is 0 Å². The Hall–Kier alpha value is -2.49. The maximum atomic E-state index is 13.1. The minimum atomic E-state index is -0.227. The Morgan fingerprint density at radius 3 is 2.57 bits per heavy atom. The summed E-state index contributed by atoms with van der Waals surface area (Å²) in [6.45, 7) is 1.99. The Morgan fingerprint density at radius 1 is 1.14 bits per heavy atom. The summed E-state index contributed by atoms with van der Waals surface area (Å²) in [6.07, 6.45) is 3.24. The topological polar surface area (TPSA) is 58.3 Å². The van der Waals surface area contributed by atoms with Crippen LogP contribution < -0.4 is 5.32 Å². The second-order valence-electron chi connectivity index (χ2n) is 6.30. The van der Waals surface area contributed by atoms with E-state index in [9.17, 15) is 4.39 Å². The zero-order valence-electron chi connectivity index (χ0n) is 15.9. The summed E-state index contributed by atoms with van der Waals surface area (Å²) < 4.78 is 14.8. The molecule has 0 saturated heterocycles. The van der Waals surface area contributed by atoms with Gasteiger partial charge in [-0.25, -0.2) is 14.1 Å². The minimum absolute atomic E-state index is 0. The van der Waals surface area contributed by atoms with Gasteiger partial charge >= 0.3 is 0 Å². The molecule has 0 saturated carbocycles. The summed E-state index contributed by atoms with van der Waals surface area (Å²) in [5, 5.41) is 7.51. The molecule has 1 aromatic heterocycles. The Kier molecular flexibility index (Phi) is 8.37. The number of nitrogens with zero attached hydrogens (tertiary/aromatic N) is 5. The van der Waals surface area contributed by atoms with Crippen molar-refractivity contribution in [3.05, 3.63) is 83.7 Å². The first-order valence-corrected chi connectivity index (χ1v) is 8.70. The molecule has 148 valence electrons. The molecular formula is C20H24FIN6. The molecule has 8 heteroatoms. The van der Waals surface area contributed by atoms with E-state index in [0.717, 1.165) is 22.6 Å². The molecule has 1 N–H and O–H groups in total. The van der Waals surface area contributed by atoms with Crippen LogP contribution in [0.3, 0.4) is 0 Å². The van der Waals surface area contributed by atoms with Crippen LogP contribution in [0.1, 0.15) is 16.7 Å². The molecule has 0 aliphatic carbocycles. The number of halogens is 2. The summed E-state index contributed by atoms with van der Waals surface area (Å²) in [6, 6.07) is 14.8. The lowest BCUT2D eigenvalue weighted by Gasteiger charge is -2.22. The molecular weight excluding hydrogens is 470 g/mol. The van der Waals surface area contributed by atoms with Gasteiger partial charge in [0.2, 0.25) is 0 Å². The normalized spacial score (nSPS) is 11.0. The lowest BCUT2D eigenvalue weighted by Crippen LogP contribution is -2.38. The van der Waals surface area contributed by atoms with E-state index in [1.54, 1.807) is 30.2 Å². The molecule has 0 radical (unpaired) electrons. The van der Waals surface area contributed by atoms with E-state index in [1.165, 1.54) is 18.5 Å². The van der Waals surface area contributed by atoms with Gasteiger partial charge in [-0.05, 0) is 28.8 Å². The van der Waals surface area contributed by atoms with E-state index < -0.39 is 0 Å². The zero-order valence-corrected chi connectivity index (χ0v) is 18.2. The number of guanidine groups is 1. The molecule has 2 aromatic carbocycles. The molecule has 0 atom stereocenters. The molecule has 0 bridgehead atoms. The summed E-state index contributed by atoms with van der Waals surface area (Å²) in [5.74, 6) is 0.552. The van der Waals surface area contributed by atoms with Crippen molar-refractivity contribution in [2.75, 3.05) is 14.1 Å². The Balaban J connectivity index is 0.00000280. The van der Waals surface area contributed by atoms with Crippen molar-refractivity contribution in [1.29, 1.82) is 0 Å². The van der Waals surface area contributed by atoms with E-state index in [4.69, 9.17) is 0 Å². The van der Waals surface area contributed by atoms with Crippen LogP contribution in [0.15, 0.2) is 66.2 Å². The maximum Gasteiger partial charge on any atom is 0.193 e. The standard InChI is InChI=1S/C20H23FN6.HI/c1-22-20(26(2)12-16-6-8-19(21)9-7-16)24-11-17-4-3-5-18(10-17)13-27-15-23-14-25-27;/h3-10,14-15H,11-13H2,1-2H3,(H,22,24);1H. The van der Waals surface area contributed by atoms with Crippen LogP contribution in [-0.4, -0.2) is 39.7 Å². The molecule has 3 rings (SSSR count). The van der Waals surface area contributed by atoms with Crippen molar-refractivity contribution in [2.24, 2.45) is 4.99 Å². The Morgan fingerprint density at radius 2 is 1.89 bits per heavy atom. The number of aromatic nitrogens is 3. The summed E-state index contributed by atoms with van der Waals surface area (Å²) in [4.78, 5) is 10.3. The van der Waals surface area contributed by atoms with Crippen molar-refractivity contribution >= 4 is 29.9 Å². The van der Waals surface area contributed by atoms with Crippen LogP contribution in [0.2, 0.25) is 0 Å². The number of aliphatic imine (C=N–C) groups is 1. The van der Waals surface area contributed by atoms with E-state index in [1.807, 2.05) is 18.0 Å². The smallest absolute Gasteiger partial charge is 0.193 e. The molecule has 6 nitrogen and oxygen atoms in total. The molecule has 0 unspecified atom stereocenters. The van der Waals surface area contributed by atoms with E-state index in [2.05, 4.69) is 38.6 Å². The van der Waals surface area contributed by atoms with Crippen LogP contribution >= 0.6 is 24.0 Å². The van der Waals surface area contributed by atoms with E-state index in [-0.39, 0.29) is 29.8 Å². The van der Waals surface area contributed by atoms with Crippen LogP contribution in [-0.2, 0) is 19.6 Å². The van der Waals surface area contributed by atoms with Gasteiger partial charge in [0.1, 0.15) is 18.5 Å². The van der Waals surface area contributed by atoms with Gasteiger partial charge < -0.3 is 10.2 Å². The van der Waals surface area contributed by atoms with Gasteiger partial charge in [-0.2, -0.15) is 5.10 Å². The van der Waals surface area contributed by atoms with Gasteiger partial charge in [0.05, 0.1) is 6.54 Å². The number of hydrogen-bond acceptors (Lipinski definition) is 3. The average Bonchev–Trinajstić information content (AvgIpc) is 3.17. The molecule has 0 amide bonds. The highest BCUT2D eigenvalue weighted by molar-refractivity contribution is 14.0. The van der Waals surface area contributed by atoms with Gasteiger partial charge in [-0.15, -0.1) is 24.0 Å². The fourth-order valence-electron chi connectivity index (χ4n) is 2.84. The van der Waals surface area contributed by atoms with Gasteiger partial charge in [0.25, 0.3) is 0 Å².